The van der Waals surface area contributed by atoms with Crippen LogP contribution in [0.5, 0.6) is 0 Å². The Hall–Kier alpha value is -1.64. The van der Waals surface area contributed by atoms with Crippen molar-refractivity contribution in [2.45, 2.75) is 68.6 Å². The van der Waals surface area contributed by atoms with Crippen LogP contribution in [0.4, 0.5) is 0 Å². The summed E-state index contributed by atoms with van der Waals surface area (Å²) in [4.78, 5) is 4.13. The molecule has 0 atom stereocenters. The molecule has 0 aliphatic heterocycles. The van der Waals surface area contributed by atoms with Crippen LogP contribution in [0.1, 0.15) is 57.4 Å². The molecule has 0 N–H and O–H groups in total. The van der Waals surface area contributed by atoms with E-state index in [0.717, 1.165) is 0 Å². The van der Waals surface area contributed by atoms with Gasteiger partial charge in [-0.15, -0.1) is 0 Å². The van der Waals surface area contributed by atoms with Gasteiger partial charge in [-0.25, -0.2) is 0 Å². The molecule has 0 nitrogen and oxygen atoms in total. The van der Waals surface area contributed by atoms with Gasteiger partial charge in [-0.3, -0.25) is 0 Å². The van der Waals surface area contributed by atoms with Gasteiger partial charge in [-0.05, 0) is 65.1 Å². The Balaban J connectivity index is 1.66. The molecule has 0 saturated heterocycles. The maximum absolute atomic E-state index is 2.37. The van der Waals surface area contributed by atoms with Crippen molar-refractivity contribution in [2.75, 3.05) is 0 Å². The average Bonchev–Trinajstić information content (AvgIpc) is 2.75. The van der Waals surface area contributed by atoms with Crippen molar-refractivity contribution < 1.29 is 0 Å². The summed E-state index contributed by atoms with van der Waals surface area (Å²) < 4.78 is 0. The van der Waals surface area contributed by atoms with Crippen LogP contribution in [0.25, 0.3) is 10.8 Å². The van der Waals surface area contributed by atoms with Gasteiger partial charge in [0.1, 0.15) is 0 Å². The van der Waals surface area contributed by atoms with Gasteiger partial charge in [0.05, 0.1) is 0 Å². The summed E-state index contributed by atoms with van der Waals surface area (Å²) >= 11 is 3.78. The molecule has 0 amide bonds. The van der Waals surface area contributed by atoms with Gasteiger partial charge < -0.3 is 0 Å². The largest absolute Gasteiger partial charge is 0.0972 e. The van der Waals surface area contributed by atoms with Crippen molar-refractivity contribution in [3.63, 3.8) is 0 Å². The number of benzene rings is 3. The minimum absolute atomic E-state index is 1.17. The molecule has 2 heteroatoms. The topological polar surface area (TPSA) is 0 Å². The Morgan fingerprint density at radius 2 is 1.45 bits per heavy atom. The molecule has 0 aromatic heterocycles. The highest BCUT2D eigenvalue weighted by Crippen LogP contribution is 2.35. The van der Waals surface area contributed by atoms with Crippen molar-refractivity contribution in [3.05, 3.63) is 82.6 Å². The SMILES string of the molecule is CCCCCCCC/C(=C/Sc1ccc(C)cc1)Sc1ccc2ccccc2c1. The van der Waals surface area contributed by atoms with Crippen molar-refractivity contribution in [1.82, 2.24) is 0 Å². The molecular weight excluding hydrogens is 388 g/mol. The Morgan fingerprint density at radius 1 is 0.759 bits per heavy atom. The van der Waals surface area contributed by atoms with Crippen molar-refractivity contribution in [3.8, 4) is 0 Å². The highest BCUT2D eigenvalue weighted by molar-refractivity contribution is 8.06. The molecule has 0 saturated carbocycles. The summed E-state index contributed by atoms with van der Waals surface area (Å²) in [6.45, 7) is 4.42. The number of allylic oxidation sites excluding steroid dienone is 1. The first kappa shape index (κ1) is 22.1. The Bertz CT molecular complexity index is 909. The fraction of sp³-hybridized carbons (Fsp3) is 0.333. The van der Waals surface area contributed by atoms with E-state index in [1.807, 2.05) is 23.5 Å². The van der Waals surface area contributed by atoms with E-state index >= 15 is 0 Å². The van der Waals surface area contributed by atoms with Crippen LogP contribution in [0.15, 0.2) is 86.8 Å². The Morgan fingerprint density at radius 3 is 2.24 bits per heavy atom. The van der Waals surface area contributed by atoms with E-state index in [1.165, 1.54) is 76.0 Å². The maximum Gasteiger partial charge on any atom is 0.0125 e. The van der Waals surface area contributed by atoms with Gasteiger partial charge >= 0.3 is 0 Å². The number of aryl methyl sites for hydroxylation is 1. The molecule has 3 rings (SSSR count). The molecule has 0 aliphatic rings. The highest BCUT2D eigenvalue weighted by Gasteiger charge is 2.04. The Kier molecular flexibility index (Phi) is 9.24. The van der Waals surface area contributed by atoms with E-state index in [2.05, 4.69) is 86.0 Å². The second-order valence-electron chi connectivity index (χ2n) is 7.64. The van der Waals surface area contributed by atoms with Crippen LogP contribution >= 0.6 is 23.5 Å². The maximum atomic E-state index is 2.37. The lowest BCUT2D eigenvalue weighted by Gasteiger charge is -2.09. The minimum atomic E-state index is 1.17. The molecule has 0 heterocycles. The molecule has 0 radical (unpaired) electrons. The fourth-order valence-electron chi connectivity index (χ4n) is 3.35. The summed E-state index contributed by atoms with van der Waals surface area (Å²) in [6.07, 6.45) is 9.23. The standard InChI is InChI=1S/C27H32S2/c1-3-4-5-6-7-8-13-27(21-28-25-17-14-22(2)15-18-25)29-26-19-16-23-11-9-10-12-24(23)20-26/h9-12,14-21H,3-8,13H2,1-2H3/b27-21-. The van der Waals surface area contributed by atoms with E-state index in [1.54, 1.807) is 0 Å². The smallest absolute Gasteiger partial charge is 0.0125 e. The predicted molar refractivity (Wildman–Crippen MR) is 133 cm³/mol. The van der Waals surface area contributed by atoms with E-state index in [-0.39, 0.29) is 0 Å². The number of hydrogen-bond donors (Lipinski definition) is 0. The summed E-state index contributed by atoms with van der Waals surface area (Å²) in [7, 11) is 0. The average molecular weight is 421 g/mol. The van der Waals surface area contributed by atoms with Crippen LogP contribution in [-0.2, 0) is 0 Å². The lowest BCUT2D eigenvalue weighted by molar-refractivity contribution is 0.610. The first-order valence-corrected chi connectivity index (χ1v) is 12.5. The molecule has 152 valence electrons. The first-order chi connectivity index (χ1) is 14.2. The summed E-state index contributed by atoms with van der Waals surface area (Å²) in [5.74, 6) is 0. The molecule has 0 spiro atoms. The van der Waals surface area contributed by atoms with Crippen molar-refractivity contribution in [1.29, 1.82) is 0 Å². The molecule has 3 aromatic rings. The highest BCUT2D eigenvalue weighted by atomic mass is 32.2. The van der Waals surface area contributed by atoms with Crippen LogP contribution in [-0.4, -0.2) is 0 Å². The third-order valence-corrected chi connectivity index (χ3v) is 7.26. The van der Waals surface area contributed by atoms with E-state index in [4.69, 9.17) is 0 Å². The second-order valence-corrected chi connectivity index (χ2v) is 9.79. The van der Waals surface area contributed by atoms with E-state index in [0.29, 0.717) is 0 Å². The number of rotatable bonds is 11. The quantitative estimate of drug-likeness (QED) is 0.224. The molecule has 0 aliphatic carbocycles. The summed E-state index contributed by atoms with van der Waals surface area (Å²) in [5, 5.41) is 5.01. The number of thioether (sulfide) groups is 2. The molecule has 3 aromatic carbocycles. The third-order valence-electron chi connectivity index (χ3n) is 5.09. The molecule has 0 bridgehead atoms. The van der Waals surface area contributed by atoms with E-state index in [9.17, 15) is 0 Å². The number of unbranched alkanes of at least 4 members (excludes halogenated alkanes) is 5. The van der Waals surface area contributed by atoms with Crippen LogP contribution in [0.3, 0.4) is 0 Å². The Labute approximate surface area is 185 Å². The zero-order valence-electron chi connectivity index (χ0n) is 17.7. The van der Waals surface area contributed by atoms with Gasteiger partial charge in [0.2, 0.25) is 0 Å². The third kappa shape index (κ3) is 7.60. The zero-order chi connectivity index (χ0) is 20.3. The summed E-state index contributed by atoms with van der Waals surface area (Å²) in [5.41, 5.74) is 1.32. The van der Waals surface area contributed by atoms with Gasteiger partial charge in [-0.1, -0.05) is 111 Å². The normalized spacial score (nSPS) is 11.9. The molecule has 0 fully saturated rings. The van der Waals surface area contributed by atoms with Gasteiger partial charge in [-0.2, -0.15) is 0 Å². The predicted octanol–water partition coefficient (Wildman–Crippen LogP) is 9.62. The molecule has 29 heavy (non-hydrogen) atoms. The van der Waals surface area contributed by atoms with Crippen LogP contribution < -0.4 is 0 Å². The molecule has 0 unspecified atom stereocenters. The lowest BCUT2D eigenvalue weighted by atomic mass is 10.1. The summed E-state index contributed by atoms with van der Waals surface area (Å²) in [6, 6.07) is 24.3. The second kappa shape index (κ2) is 12.1. The van der Waals surface area contributed by atoms with Crippen LogP contribution in [0, 0.1) is 6.92 Å². The lowest BCUT2D eigenvalue weighted by Crippen LogP contribution is -1.83. The first-order valence-electron chi connectivity index (χ1n) is 10.8. The monoisotopic (exact) mass is 420 g/mol. The van der Waals surface area contributed by atoms with Crippen LogP contribution in [0.2, 0.25) is 0 Å². The minimum Gasteiger partial charge on any atom is -0.0972 e. The van der Waals surface area contributed by atoms with Crippen molar-refractivity contribution in [2.24, 2.45) is 0 Å². The van der Waals surface area contributed by atoms with Gasteiger partial charge in [0.15, 0.2) is 0 Å². The molecular formula is C27H32S2. The van der Waals surface area contributed by atoms with Crippen molar-refractivity contribution >= 4 is 34.3 Å². The fourth-order valence-corrected chi connectivity index (χ4v) is 5.23. The van der Waals surface area contributed by atoms with E-state index < -0.39 is 0 Å². The zero-order valence-corrected chi connectivity index (χ0v) is 19.3. The van der Waals surface area contributed by atoms with Gasteiger partial charge in [0, 0.05) is 9.79 Å². The number of fused-ring (bicyclic) bond motifs is 1. The number of hydrogen-bond acceptors (Lipinski definition) is 2. The van der Waals surface area contributed by atoms with Gasteiger partial charge in [0.25, 0.3) is 0 Å².